The van der Waals surface area contributed by atoms with Gasteiger partial charge in [0.15, 0.2) is 0 Å². The number of amides is 2. The maximum Gasteiger partial charge on any atom is 0.226 e. The minimum absolute atomic E-state index is 0.0426. The first-order valence-electron chi connectivity index (χ1n) is 12.0. The molecular weight excluding hydrogens is 416 g/mol. The standard InChI is InChI=1S/C26H34N4O3/c1-3-4-15-30-24(31)16-22(25(30)20-8-10-21(33-2)11-9-20)26(32)28-18-19-7-12-23(27-17-19)29-13-5-6-14-29/h7-12,17,22,25H,3-6,13-16,18H2,1-2H3,(H,28,32). The summed E-state index contributed by atoms with van der Waals surface area (Å²) in [6, 6.07) is 11.5. The average molecular weight is 451 g/mol. The quantitative estimate of drug-likeness (QED) is 0.631. The zero-order valence-electron chi connectivity index (χ0n) is 19.6. The third-order valence-electron chi connectivity index (χ3n) is 6.68. The van der Waals surface area contributed by atoms with Gasteiger partial charge in [0.2, 0.25) is 11.8 Å². The Morgan fingerprint density at radius 1 is 1.15 bits per heavy atom. The summed E-state index contributed by atoms with van der Waals surface area (Å²) in [5, 5.41) is 3.05. The van der Waals surface area contributed by atoms with Crippen LogP contribution in [0.25, 0.3) is 0 Å². The van der Waals surface area contributed by atoms with E-state index in [1.54, 1.807) is 7.11 Å². The second-order valence-electron chi connectivity index (χ2n) is 8.91. The SMILES string of the molecule is CCCCN1C(=O)CC(C(=O)NCc2ccc(N3CCCC3)nc2)C1c1ccc(OC)cc1. The van der Waals surface area contributed by atoms with Crippen LogP contribution in [-0.2, 0) is 16.1 Å². The Morgan fingerprint density at radius 3 is 2.55 bits per heavy atom. The van der Waals surface area contributed by atoms with Crippen molar-refractivity contribution in [1.82, 2.24) is 15.2 Å². The Bertz CT molecular complexity index is 939. The first-order valence-corrected chi connectivity index (χ1v) is 12.0. The second kappa shape index (κ2) is 10.7. The summed E-state index contributed by atoms with van der Waals surface area (Å²) in [5.41, 5.74) is 1.92. The molecule has 1 aromatic carbocycles. The Morgan fingerprint density at radius 2 is 1.91 bits per heavy atom. The number of nitrogens with one attached hydrogen (secondary N) is 1. The minimum atomic E-state index is -0.417. The molecule has 0 spiro atoms. The van der Waals surface area contributed by atoms with Gasteiger partial charge >= 0.3 is 0 Å². The Kier molecular flexibility index (Phi) is 7.47. The Balaban J connectivity index is 1.45. The van der Waals surface area contributed by atoms with E-state index in [0.29, 0.717) is 13.1 Å². The van der Waals surface area contributed by atoms with Crippen LogP contribution in [0.4, 0.5) is 5.82 Å². The van der Waals surface area contributed by atoms with Crippen LogP contribution in [0.3, 0.4) is 0 Å². The van der Waals surface area contributed by atoms with Gasteiger partial charge in [-0.15, -0.1) is 0 Å². The second-order valence-corrected chi connectivity index (χ2v) is 8.91. The third kappa shape index (κ3) is 5.29. The topological polar surface area (TPSA) is 74.8 Å². The number of benzene rings is 1. The van der Waals surface area contributed by atoms with Crippen molar-refractivity contribution in [2.24, 2.45) is 5.92 Å². The van der Waals surface area contributed by atoms with E-state index in [4.69, 9.17) is 4.74 Å². The highest BCUT2D eigenvalue weighted by molar-refractivity contribution is 5.90. The van der Waals surface area contributed by atoms with Gasteiger partial charge in [-0.3, -0.25) is 9.59 Å². The predicted octanol–water partition coefficient (Wildman–Crippen LogP) is 3.70. The number of carbonyl (C=O) groups is 2. The summed E-state index contributed by atoms with van der Waals surface area (Å²) >= 11 is 0. The summed E-state index contributed by atoms with van der Waals surface area (Å²) in [5.74, 6) is 1.29. The fourth-order valence-electron chi connectivity index (χ4n) is 4.81. The Labute approximate surface area is 196 Å². The van der Waals surface area contributed by atoms with Gasteiger partial charge in [-0.05, 0) is 48.6 Å². The van der Waals surface area contributed by atoms with Gasteiger partial charge in [0.05, 0.1) is 19.1 Å². The molecule has 7 heteroatoms. The number of likely N-dealkylation sites (tertiary alicyclic amines) is 1. The Hall–Kier alpha value is -3.09. The molecule has 0 aliphatic carbocycles. The van der Waals surface area contributed by atoms with E-state index in [1.165, 1.54) is 12.8 Å². The summed E-state index contributed by atoms with van der Waals surface area (Å²) in [7, 11) is 1.63. The number of anilines is 1. The smallest absolute Gasteiger partial charge is 0.226 e. The molecule has 7 nitrogen and oxygen atoms in total. The molecule has 2 aliphatic heterocycles. The van der Waals surface area contributed by atoms with Crippen molar-refractivity contribution < 1.29 is 14.3 Å². The molecule has 0 radical (unpaired) electrons. The van der Waals surface area contributed by atoms with Crippen molar-refractivity contribution in [2.75, 3.05) is 31.6 Å². The minimum Gasteiger partial charge on any atom is -0.497 e. The molecule has 0 saturated carbocycles. The van der Waals surface area contributed by atoms with Crippen LogP contribution in [-0.4, -0.2) is 48.4 Å². The lowest BCUT2D eigenvalue weighted by atomic mass is 9.92. The summed E-state index contributed by atoms with van der Waals surface area (Å²) in [6.45, 7) is 5.29. The van der Waals surface area contributed by atoms with E-state index < -0.39 is 5.92 Å². The molecule has 0 bridgehead atoms. The van der Waals surface area contributed by atoms with Crippen molar-refractivity contribution in [3.63, 3.8) is 0 Å². The van der Waals surface area contributed by atoms with Crippen LogP contribution in [0.2, 0.25) is 0 Å². The zero-order chi connectivity index (χ0) is 23.2. The monoisotopic (exact) mass is 450 g/mol. The van der Waals surface area contributed by atoms with Gasteiger partial charge in [-0.1, -0.05) is 31.5 Å². The van der Waals surface area contributed by atoms with E-state index in [9.17, 15) is 9.59 Å². The highest BCUT2D eigenvalue weighted by Gasteiger charge is 2.44. The van der Waals surface area contributed by atoms with Crippen LogP contribution in [0, 0.1) is 5.92 Å². The lowest BCUT2D eigenvalue weighted by Crippen LogP contribution is -2.35. The van der Waals surface area contributed by atoms with E-state index in [0.717, 1.165) is 48.6 Å². The number of methoxy groups -OCH3 is 1. The molecule has 2 aromatic rings. The number of unbranched alkanes of at least 4 members (excludes halogenated alkanes) is 1. The van der Waals surface area contributed by atoms with E-state index >= 15 is 0 Å². The molecule has 2 saturated heterocycles. The highest BCUT2D eigenvalue weighted by atomic mass is 16.5. The predicted molar refractivity (Wildman–Crippen MR) is 128 cm³/mol. The number of hydrogen-bond donors (Lipinski definition) is 1. The van der Waals surface area contributed by atoms with E-state index in [2.05, 4.69) is 22.1 Å². The number of ether oxygens (including phenoxy) is 1. The third-order valence-corrected chi connectivity index (χ3v) is 6.68. The number of rotatable bonds is 9. The molecule has 1 N–H and O–H groups in total. The molecule has 4 rings (SSSR count). The van der Waals surface area contributed by atoms with Gasteiger partial charge in [0.25, 0.3) is 0 Å². The van der Waals surface area contributed by atoms with Crippen molar-refractivity contribution in [3.05, 3.63) is 53.7 Å². The maximum absolute atomic E-state index is 13.2. The molecule has 2 aliphatic rings. The van der Waals surface area contributed by atoms with Crippen molar-refractivity contribution in [3.8, 4) is 5.75 Å². The number of pyridine rings is 1. The summed E-state index contributed by atoms with van der Waals surface area (Å²) in [4.78, 5) is 34.8. The summed E-state index contributed by atoms with van der Waals surface area (Å²) < 4.78 is 5.28. The molecular formula is C26H34N4O3. The summed E-state index contributed by atoms with van der Waals surface area (Å²) in [6.07, 6.45) is 6.41. The van der Waals surface area contributed by atoms with Crippen LogP contribution in [0.1, 0.15) is 56.2 Å². The molecule has 2 unspecified atom stereocenters. The molecule has 1 aromatic heterocycles. The van der Waals surface area contributed by atoms with Crippen LogP contribution in [0.5, 0.6) is 5.75 Å². The molecule has 2 amide bonds. The van der Waals surface area contributed by atoms with Crippen LogP contribution < -0.4 is 15.0 Å². The van der Waals surface area contributed by atoms with Crippen molar-refractivity contribution >= 4 is 17.6 Å². The molecule has 2 atom stereocenters. The maximum atomic E-state index is 13.2. The number of nitrogens with zero attached hydrogens (tertiary/aromatic N) is 3. The van der Waals surface area contributed by atoms with Crippen molar-refractivity contribution in [1.29, 1.82) is 0 Å². The van der Waals surface area contributed by atoms with Gasteiger partial charge in [0.1, 0.15) is 11.6 Å². The van der Waals surface area contributed by atoms with E-state index in [1.807, 2.05) is 47.5 Å². The number of hydrogen-bond acceptors (Lipinski definition) is 5. The van der Waals surface area contributed by atoms with Crippen molar-refractivity contribution in [2.45, 2.75) is 51.6 Å². The lowest BCUT2D eigenvalue weighted by Gasteiger charge is -2.28. The van der Waals surface area contributed by atoms with Gasteiger partial charge in [-0.25, -0.2) is 4.98 Å². The van der Waals surface area contributed by atoms with Gasteiger partial charge in [0, 0.05) is 38.8 Å². The molecule has 3 heterocycles. The first-order chi connectivity index (χ1) is 16.1. The first kappa shape index (κ1) is 23.1. The van der Waals surface area contributed by atoms with Gasteiger partial charge < -0.3 is 19.9 Å². The molecule has 176 valence electrons. The fraction of sp³-hybridized carbons (Fsp3) is 0.500. The largest absolute Gasteiger partial charge is 0.497 e. The fourth-order valence-corrected chi connectivity index (χ4v) is 4.81. The highest BCUT2D eigenvalue weighted by Crippen LogP contribution is 2.39. The van der Waals surface area contributed by atoms with Crippen LogP contribution in [0.15, 0.2) is 42.6 Å². The average Bonchev–Trinajstić information content (AvgIpc) is 3.50. The van der Waals surface area contributed by atoms with Crippen LogP contribution >= 0.6 is 0 Å². The number of carbonyl (C=O) groups excluding carboxylic acids is 2. The number of aromatic nitrogens is 1. The zero-order valence-corrected chi connectivity index (χ0v) is 19.6. The lowest BCUT2D eigenvalue weighted by molar-refractivity contribution is -0.129. The van der Waals surface area contributed by atoms with Gasteiger partial charge in [-0.2, -0.15) is 0 Å². The molecule has 33 heavy (non-hydrogen) atoms. The van der Waals surface area contributed by atoms with E-state index in [-0.39, 0.29) is 24.3 Å². The normalized spacial score (nSPS) is 20.4. The molecule has 2 fully saturated rings.